The van der Waals surface area contributed by atoms with Gasteiger partial charge in [-0.05, 0) is 12.1 Å². The van der Waals surface area contributed by atoms with Crippen LogP contribution in [0.1, 0.15) is 10.4 Å². The standard InChI is InChI=1S/C12H11NO2/c1-3-5-9-10(12(14)15)7-8-13-11(9)6-4-2/h3-8H,1-2H2,(H,14,15)/b9-5-,11-6+. The molecule has 0 aromatic carbocycles. The van der Waals surface area contributed by atoms with Crippen molar-refractivity contribution in [1.82, 2.24) is 4.98 Å². The lowest BCUT2D eigenvalue weighted by Gasteiger charge is -1.95. The molecule has 1 heterocycles. The van der Waals surface area contributed by atoms with Crippen LogP contribution in [0.15, 0.2) is 37.6 Å². The Kier molecular flexibility index (Phi) is 3.57. The van der Waals surface area contributed by atoms with Gasteiger partial charge in [0.2, 0.25) is 0 Å². The molecule has 0 saturated heterocycles. The Bertz CT molecular complexity index is 515. The summed E-state index contributed by atoms with van der Waals surface area (Å²) in [5, 5.41) is 10.1. The number of nitrogens with zero attached hydrogens (tertiary/aromatic N) is 1. The number of aromatic nitrogens is 1. The van der Waals surface area contributed by atoms with Crippen molar-refractivity contribution in [3.8, 4) is 0 Å². The summed E-state index contributed by atoms with van der Waals surface area (Å²) in [6, 6.07) is 1.46. The molecule has 0 unspecified atom stereocenters. The van der Waals surface area contributed by atoms with E-state index in [4.69, 9.17) is 5.11 Å². The summed E-state index contributed by atoms with van der Waals surface area (Å²) < 4.78 is 0. The van der Waals surface area contributed by atoms with Crippen molar-refractivity contribution < 1.29 is 9.90 Å². The monoisotopic (exact) mass is 201 g/mol. The number of pyridine rings is 1. The molecular formula is C12H11NO2. The molecule has 0 bridgehead atoms. The van der Waals surface area contributed by atoms with Crippen LogP contribution in [-0.2, 0) is 0 Å². The van der Waals surface area contributed by atoms with E-state index in [2.05, 4.69) is 18.1 Å². The fourth-order valence-electron chi connectivity index (χ4n) is 1.21. The van der Waals surface area contributed by atoms with E-state index in [0.29, 0.717) is 10.6 Å². The van der Waals surface area contributed by atoms with Gasteiger partial charge in [0.15, 0.2) is 0 Å². The highest BCUT2D eigenvalue weighted by Crippen LogP contribution is 1.87. The third-order valence-electron chi connectivity index (χ3n) is 1.81. The minimum atomic E-state index is -0.982. The van der Waals surface area contributed by atoms with Gasteiger partial charge in [-0.2, -0.15) is 0 Å². The van der Waals surface area contributed by atoms with Gasteiger partial charge < -0.3 is 5.11 Å². The first-order valence-corrected chi connectivity index (χ1v) is 4.34. The van der Waals surface area contributed by atoms with Gasteiger partial charge in [0.1, 0.15) is 0 Å². The van der Waals surface area contributed by atoms with Crippen molar-refractivity contribution in [2.24, 2.45) is 0 Å². The minimum absolute atomic E-state index is 0.206. The number of carboxylic acid groups (broad SMARTS) is 1. The first kappa shape index (κ1) is 10.9. The van der Waals surface area contributed by atoms with E-state index >= 15 is 0 Å². The van der Waals surface area contributed by atoms with Crippen LogP contribution in [0.5, 0.6) is 0 Å². The van der Waals surface area contributed by atoms with Gasteiger partial charge in [-0.1, -0.05) is 31.4 Å². The Morgan fingerprint density at radius 3 is 2.53 bits per heavy atom. The zero-order valence-electron chi connectivity index (χ0n) is 8.18. The molecule has 1 aromatic rings. The highest BCUT2D eigenvalue weighted by Gasteiger charge is 2.04. The zero-order chi connectivity index (χ0) is 11.3. The summed E-state index contributed by atoms with van der Waals surface area (Å²) in [5.41, 5.74) is 0.206. The van der Waals surface area contributed by atoms with Gasteiger partial charge in [0.25, 0.3) is 0 Å². The van der Waals surface area contributed by atoms with Crippen LogP contribution in [-0.4, -0.2) is 16.1 Å². The fourth-order valence-corrected chi connectivity index (χ4v) is 1.21. The molecule has 1 aromatic heterocycles. The van der Waals surface area contributed by atoms with Crippen LogP contribution < -0.4 is 10.6 Å². The molecule has 0 aliphatic carbocycles. The number of hydrogen-bond donors (Lipinski definition) is 1. The van der Waals surface area contributed by atoms with Crippen molar-refractivity contribution in [2.45, 2.75) is 0 Å². The molecule has 0 radical (unpaired) electrons. The van der Waals surface area contributed by atoms with Gasteiger partial charge >= 0.3 is 5.97 Å². The van der Waals surface area contributed by atoms with Crippen molar-refractivity contribution in [3.05, 3.63) is 53.7 Å². The maximum atomic E-state index is 10.9. The molecule has 0 atom stereocenters. The normalized spacial score (nSPS) is 12.5. The highest BCUT2D eigenvalue weighted by molar-refractivity contribution is 5.88. The lowest BCUT2D eigenvalue weighted by molar-refractivity contribution is 0.0695. The maximum absolute atomic E-state index is 10.9. The molecule has 0 saturated carbocycles. The number of rotatable bonds is 3. The van der Waals surface area contributed by atoms with Gasteiger partial charge in [-0.15, -0.1) is 0 Å². The Balaban J connectivity index is 3.72. The SMILES string of the molecule is C=C/C=c1/c(C(=O)O)ccn/c1=C/C=C. The predicted molar refractivity (Wildman–Crippen MR) is 59.8 cm³/mol. The van der Waals surface area contributed by atoms with Crippen LogP contribution >= 0.6 is 0 Å². The Hall–Kier alpha value is -2.16. The Labute approximate surface area is 87.4 Å². The number of carbonyl (C=O) groups is 1. The van der Waals surface area contributed by atoms with E-state index in [1.54, 1.807) is 18.2 Å². The summed E-state index contributed by atoms with van der Waals surface area (Å²) >= 11 is 0. The minimum Gasteiger partial charge on any atom is -0.478 e. The second-order valence-electron chi connectivity index (χ2n) is 2.77. The average Bonchev–Trinajstić information content (AvgIpc) is 2.21. The topological polar surface area (TPSA) is 50.2 Å². The second-order valence-corrected chi connectivity index (χ2v) is 2.77. The molecule has 0 fully saturated rings. The predicted octanol–water partition coefficient (Wildman–Crippen LogP) is 0.713. The van der Waals surface area contributed by atoms with E-state index < -0.39 is 5.97 Å². The average molecular weight is 201 g/mol. The first-order chi connectivity index (χ1) is 7.20. The molecule has 3 heteroatoms. The molecule has 0 amide bonds. The molecule has 0 aliphatic rings. The van der Waals surface area contributed by atoms with Gasteiger partial charge in [0, 0.05) is 11.4 Å². The maximum Gasteiger partial charge on any atom is 0.336 e. The lowest BCUT2D eigenvalue weighted by Crippen LogP contribution is -2.33. The van der Waals surface area contributed by atoms with Crippen LogP contribution in [0, 0.1) is 0 Å². The Morgan fingerprint density at radius 2 is 2.00 bits per heavy atom. The van der Waals surface area contributed by atoms with Gasteiger partial charge in [0.05, 0.1) is 10.9 Å². The third-order valence-corrected chi connectivity index (χ3v) is 1.81. The van der Waals surface area contributed by atoms with E-state index in [0.717, 1.165) is 0 Å². The lowest BCUT2D eigenvalue weighted by atomic mass is 10.2. The van der Waals surface area contributed by atoms with E-state index in [1.807, 2.05) is 0 Å². The number of carboxylic acids is 1. The summed E-state index contributed by atoms with van der Waals surface area (Å²) in [4.78, 5) is 15.0. The van der Waals surface area contributed by atoms with E-state index in [1.165, 1.54) is 18.3 Å². The molecule has 1 rings (SSSR count). The van der Waals surface area contributed by atoms with Crippen LogP contribution in [0.2, 0.25) is 0 Å². The smallest absolute Gasteiger partial charge is 0.336 e. The van der Waals surface area contributed by atoms with Crippen molar-refractivity contribution >= 4 is 18.1 Å². The summed E-state index contributed by atoms with van der Waals surface area (Å²) in [6.45, 7) is 7.09. The number of hydrogen-bond acceptors (Lipinski definition) is 2. The second kappa shape index (κ2) is 4.91. The summed E-state index contributed by atoms with van der Waals surface area (Å²) in [6.07, 6.45) is 7.82. The van der Waals surface area contributed by atoms with Crippen molar-refractivity contribution in [1.29, 1.82) is 0 Å². The van der Waals surface area contributed by atoms with Crippen LogP contribution in [0.4, 0.5) is 0 Å². The van der Waals surface area contributed by atoms with E-state index in [9.17, 15) is 4.79 Å². The molecule has 0 spiro atoms. The molecule has 76 valence electrons. The van der Waals surface area contributed by atoms with Gasteiger partial charge in [-0.25, -0.2) is 4.79 Å². The van der Waals surface area contributed by atoms with E-state index in [-0.39, 0.29) is 5.56 Å². The highest BCUT2D eigenvalue weighted by atomic mass is 16.4. The number of aromatic carboxylic acids is 1. The summed E-state index contributed by atoms with van der Waals surface area (Å²) in [5.74, 6) is -0.982. The molecular weight excluding hydrogens is 190 g/mol. The molecule has 1 N–H and O–H groups in total. The largest absolute Gasteiger partial charge is 0.478 e. The first-order valence-electron chi connectivity index (χ1n) is 4.34. The van der Waals surface area contributed by atoms with Crippen LogP contribution in [0.25, 0.3) is 12.2 Å². The quantitative estimate of drug-likeness (QED) is 0.783. The van der Waals surface area contributed by atoms with Crippen molar-refractivity contribution in [3.63, 3.8) is 0 Å². The van der Waals surface area contributed by atoms with Crippen molar-refractivity contribution in [2.75, 3.05) is 0 Å². The Morgan fingerprint density at radius 1 is 1.33 bits per heavy atom. The van der Waals surface area contributed by atoms with Gasteiger partial charge in [-0.3, -0.25) is 4.98 Å². The molecule has 3 nitrogen and oxygen atoms in total. The molecule has 0 aliphatic heterocycles. The summed E-state index contributed by atoms with van der Waals surface area (Å²) in [7, 11) is 0. The molecule has 15 heavy (non-hydrogen) atoms. The number of allylic oxidation sites excluding steroid dienone is 2. The van der Waals surface area contributed by atoms with Crippen LogP contribution in [0.3, 0.4) is 0 Å². The fraction of sp³-hybridized carbons (Fsp3) is 0. The zero-order valence-corrected chi connectivity index (χ0v) is 8.18. The third kappa shape index (κ3) is 2.40.